The predicted molar refractivity (Wildman–Crippen MR) is 92.6 cm³/mol. The molecule has 0 amide bonds. The third kappa shape index (κ3) is 3.14. The molecule has 1 saturated carbocycles. The lowest BCUT2D eigenvalue weighted by molar-refractivity contribution is 0.163. The fraction of sp³-hybridized carbons (Fsp3) is 0.556. The van der Waals surface area contributed by atoms with E-state index in [0.717, 1.165) is 51.1 Å². The molecule has 6 nitrogen and oxygen atoms in total. The lowest BCUT2D eigenvalue weighted by Crippen LogP contribution is -2.47. The zero-order valence-electron chi connectivity index (χ0n) is 14.5. The maximum Gasteiger partial charge on any atom is 0.243 e. The number of aromatic nitrogens is 2. The Hall–Kier alpha value is -1.99. The summed E-state index contributed by atoms with van der Waals surface area (Å²) in [5, 5.41) is 4.11. The monoisotopic (exact) mass is 345 g/mol. The van der Waals surface area contributed by atoms with Gasteiger partial charge >= 0.3 is 0 Å². The minimum absolute atomic E-state index is 0.0697. The highest BCUT2D eigenvalue weighted by Crippen LogP contribution is 2.37. The summed E-state index contributed by atoms with van der Waals surface area (Å²) in [4.78, 5) is 9.17. The quantitative estimate of drug-likeness (QED) is 0.918. The molecule has 1 saturated heterocycles. The van der Waals surface area contributed by atoms with Gasteiger partial charge in [-0.15, -0.1) is 0 Å². The zero-order chi connectivity index (χ0) is 17.4. The second kappa shape index (κ2) is 6.38. The highest BCUT2D eigenvalue weighted by atomic mass is 19.1. The molecule has 1 atom stereocenters. The molecular weight excluding hydrogens is 321 g/mol. The molecule has 1 aromatic heterocycles. The number of nitrogens with zero attached hydrogens (tertiary/aromatic N) is 4. The standard InChI is InChI=1S/C18H24FN5O/c1-13(16-21-17(22-25-16)18(20)7-2-8-18)23-9-11-24(12-10-23)15-5-3-14(19)4-6-15/h3-6,13H,2,7-12,20H2,1H3. The maximum absolute atomic E-state index is 13.1. The van der Waals surface area contributed by atoms with Gasteiger partial charge in [0.1, 0.15) is 5.82 Å². The van der Waals surface area contributed by atoms with Gasteiger partial charge in [-0.3, -0.25) is 4.90 Å². The Labute approximate surface area is 146 Å². The Morgan fingerprint density at radius 3 is 2.44 bits per heavy atom. The van der Waals surface area contributed by atoms with Crippen molar-refractivity contribution in [2.45, 2.75) is 37.8 Å². The highest BCUT2D eigenvalue weighted by molar-refractivity contribution is 5.46. The van der Waals surface area contributed by atoms with Crippen LogP contribution >= 0.6 is 0 Å². The van der Waals surface area contributed by atoms with Gasteiger partial charge in [-0.1, -0.05) is 5.16 Å². The van der Waals surface area contributed by atoms with Crippen molar-refractivity contribution in [2.24, 2.45) is 5.73 Å². The third-order valence-electron chi connectivity index (χ3n) is 5.54. The molecule has 134 valence electrons. The van der Waals surface area contributed by atoms with E-state index in [1.807, 2.05) is 12.1 Å². The summed E-state index contributed by atoms with van der Waals surface area (Å²) >= 11 is 0. The molecular formula is C18H24FN5O. The van der Waals surface area contributed by atoms with E-state index in [2.05, 4.69) is 26.9 Å². The molecule has 2 fully saturated rings. The second-order valence-corrected chi connectivity index (χ2v) is 7.14. The van der Waals surface area contributed by atoms with Gasteiger partial charge in [0.15, 0.2) is 5.82 Å². The van der Waals surface area contributed by atoms with Gasteiger partial charge in [0.25, 0.3) is 0 Å². The van der Waals surface area contributed by atoms with Crippen molar-refractivity contribution in [1.82, 2.24) is 15.0 Å². The van der Waals surface area contributed by atoms with Gasteiger partial charge in [0.05, 0.1) is 11.6 Å². The Morgan fingerprint density at radius 1 is 1.16 bits per heavy atom. The summed E-state index contributed by atoms with van der Waals surface area (Å²) in [6.45, 7) is 5.65. The number of rotatable bonds is 4. The first kappa shape index (κ1) is 16.5. The molecule has 0 bridgehead atoms. The SMILES string of the molecule is CC(c1nc(C2(N)CCC2)no1)N1CCN(c2ccc(F)cc2)CC1. The molecule has 2 N–H and O–H groups in total. The lowest BCUT2D eigenvalue weighted by atomic mass is 9.77. The molecule has 1 aliphatic carbocycles. The van der Waals surface area contributed by atoms with E-state index < -0.39 is 0 Å². The molecule has 2 aliphatic rings. The molecule has 0 spiro atoms. The molecule has 1 aromatic carbocycles. The minimum atomic E-state index is -0.386. The number of piperazine rings is 1. The van der Waals surface area contributed by atoms with E-state index in [4.69, 9.17) is 10.3 Å². The van der Waals surface area contributed by atoms with Gasteiger partial charge < -0.3 is 15.2 Å². The molecule has 0 radical (unpaired) electrons. The van der Waals surface area contributed by atoms with Gasteiger partial charge in [0, 0.05) is 31.9 Å². The van der Waals surface area contributed by atoms with Crippen LogP contribution in [0.3, 0.4) is 0 Å². The van der Waals surface area contributed by atoms with Crippen molar-refractivity contribution < 1.29 is 8.91 Å². The van der Waals surface area contributed by atoms with E-state index >= 15 is 0 Å². The number of halogens is 1. The fourth-order valence-corrected chi connectivity index (χ4v) is 3.56. The van der Waals surface area contributed by atoms with E-state index in [1.54, 1.807) is 0 Å². The average molecular weight is 345 g/mol. The topological polar surface area (TPSA) is 71.4 Å². The summed E-state index contributed by atoms with van der Waals surface area (Å²) in [7, 11) is 0. The average Bonchev–Trinajstić information content (AvgIpc) is 3.10. The first-order valence-corrected chi connectivity index (χ1v) is 8.93. The van der Waals surface area contributed by atoms with Crippen LogP contribution in [0.5, 0.6) is 0 Å². The summed E-state index contributed by atoms with van der Waals surface area (Å²) in [5.74, 6) is 1.08. The minimum Gasteiger partial charge on any atom is -0.369 e. The Kier molecular flexibility index (Phi) is 4.21. The molecule has 7 heteroatoms. The second-order valence-electron chi connectivity index (χ2n) is 7.14. The highest BCUT2D eigenvalue weighted by Gasteiger charge is 2.39. The summed E-state index contributed by atoms with van der Waals surface area (Å²) in [5.41, 5.74) is 6.95. The van der Waals surface area contributed by atoms with Gasteiger partial charge in [-0.25, -0.2) is 4.39 Å². The van der Waals surface area contributed by atoms with Gasteiger partial charge in [0.2, 0.25) is 5.89 Å². The Morgan fingerprint density at radius 2 is 1.84 bits per heavy atom. The summed E-state index contributed by atoms with van der Waals surface area (Å²) in [6.07, 6.45) is 2.98. The first-order chi connectivity index (χ1) is 12.0. The zero-order valence-corrected chi connectivity index (χ0v) is 14.5. The van der Waals surface area contributed by atoms with Gasteiger partial charge in [-0.05, 0) is 50.5 Å². The van der Waals surface area contributed by atoms with E-state index in [1.165, 1.54) is 12.1 Å². The maximum atomic E-state index is 13.1. The van der Waals surface area contributed by atoms with E-state index in [-0.39, 0.29) is 17.4 Å². The van der Waals surface area contributed by atoms with Crippen LogP contribution in [-0.4, -0.2) is 41.2 Å². The van der Waals surface area contributed by atoms with Crippen molar-refractivity contribution in [1.29, 1.82) is 0 Å². The number of benzene rings is 1. The van der Waals surface area contributed by atoms with Crippen molar-refractivity contribution in [3.05, 3.63) is 41.8 Å². The van der Waals surface area contributed by atoms with Crippen molar-refractivity contribution in [3.8, 4) is 0 Å². The molecule has 4 rings (SSSR count). The third-order valence-corrected chi connectivity index (χ3v) is 5.54. The summed E-state index contributed by atoms with van der Waals surface area (Å²) < 4.78 is 18.6. The first-order valence-electron chi connectivity index (χ1n) is 8.93. The lowest BCUT2D eigenvalue weighted by Gasteiger charge is -2.38. The van der Waals surface area contributed by atoms with Crippen molar-refractivity contribution in [3.63, 3.8) is 0 Å². The van der Waals surface area contributed by atoms with Gasteiger partial charge in [-0.2, -0.15) is 4.98 Å². The largest absolute Gasteiger partial charge is 0.369 e. The fourth-order valence-electron chi connectivity index (χ4n) is 3.56. The Bertz CT molecular complexity index is 719. The Balaban J connectivity index is 1.38. The smallest absolute Gasteiger partial charge is 0.243 e. The van der Waals surface area contributed by atoms with Crippen LogP contribution in [0.4, 0.5) is 10.1 Å². The van der Waals surface area contributed by atoms with Crippen LogP contribution in [0.2, 0.25) is 0 Å². The van der Waals surface area contributed by atoms with Crippen LogP contribution in [0.15, 0.2) is 28.8 Å². The summed E-state index contributed by atoms with van der Waals surface area (Å²) in [6, 6.07) is 6.75. The van der Waals surface area contributed by atoms with Crippen LogP contribution in [-0.2, 0) is 5.54 Å². The van der Waals surface area contributed by atoms with Crippen molar-refractivity contribution >= 4 is 5.69 Å². The van der Waals surface area contributed by atoms with E-state index in [0.29, 0.717) is 11.7 Å². The number of nitrogens with two attached hydrogens (primary N) is 1. The van der Waals surface area contributed by atoms with Crippen LogP contribution in [0, 0.1) is 5.82 Å². The van der Waals surface area contributed by atoms with Crippen molar-refractivity contribution in [2.75, 3.05) is 31.1 Å². The molecule has 1 aliphatic heterocycles. The normalized spacial score (nSPS) is 21.8. The predicted octanol–water partition coefficient (Wildman–Crippen LogP) is 2.43. The van der Waals surface area contributed by atoms with E-state index in [9.17, 15) is 4.39 Å². The number of hydrogen-bond acceptors (Lipinski definition) is 6. The molecule has 25 heavy (non-hydrogen) atoms. The molecule has 2 heterocycles. The van der Waals surface area contributed by atoms with Crippen LogP contribution in [0.1, 0.15) is 43.9 Å². The van der Waals surface area contributed by atoms with Crippen LogP contribution in [0.25, 0.3) is 0 Å². The number of hydrogen-bond donors (Lipinski definition) is 1. The number of anilines is 1. The van der Waals surface area contributed by atoms with Crippen LogP contribution < -0.4 is 10.6 Å². The molecule has 1 unspecified atom stereocenters. The molecule has 2 aromatic rings.